The second kappa shape index (κ2) is 5.39. The maximum Gasteiger partial charge on any atom is 0.254 e. The SMILES string of the molecule is Cc1ccc(C(=O)N2CC[C@@]3(CCCO3)[C@@H](O)C2)cc1F. The van der Waals surface area contributed by atoms with Crippen LogP contribution in [0, 0.1) is 12.7 Å². The van der Waals surface area contributed by atoms with Crippen LogP contribution in [0.1, 0.15) is 35.2 Å². The minimum Gasteiger partial charge on any atom is -0.388 e. The lowest BCUT2D eigenvalue weighted by Gasteiger charge is -2.42. The number of halogens is 1. The highest BCUT2D eigenvalue weighted by Gasteiger charge is 2.46. The summed E-state index contributed by atoms with van der Waals surface area (Å²) in [4.78, 5) is 14.0. The van der Waals surface area contributed by atoms with E-state index >= 15 is 0 Å². The fourth-order valence-electron chi connectivity index (χ4n) is 3.23. The summed E-state index contributed by atoms with van der Waals surface area (Å²) in [5.74, 6) is -0.616. The summed E-state index contributed by atoms with van der Waals surface area (Å²) in [6.45, 7) is 3.11. The van der Waals surface area contributed by atoms with E-state index in [4.69, 9.17) is 4.74 Å². The van der Waals surface area contributed by atoms with E-state index in [0.717, 1.165) is 12.8 Å². The van der Waals surface area contributed by atoms with Gasteiger partial charge in [0.2, 0.25) is 0 Å². The number of ether oxygens (including phenoxy) is 1. The normalized spacial score (nSPS) is 29.1. The fourth-order valence-corrected chi connectivity index (χ4v) is 3.23. The molecule has 4 nitrogen and oxygen atoms in total. The van der Waals surface area contributed by atoms with Gasteiger partial charge in [0.1, 0.15) is 11.9 Å². The number of piperidine rings is 1. The van der Waals surface area contributed by atoms with Crippen LogP contribution in [0.15, 0.2) is 18.2 Å². The van der Waals surface area contributed by atoms with Gasteiger partial charge in [0.25, 0.3) is 5.91 Å². The van der Waals surface area contributed by atoms with E-state index in [0.29, 0.717) is 30.7 Å². The van der Waals surface area contributed by atoms with Gasteiger partial charge in [-0.3, -0.25) is 4.79 Å². The van der Waals surface area contributed by atoms with Gasteiger partial charge in [0.05, 0.1) is 5.60 Å². The highest BCUT2D eigenvalue weighted by atomic mass is 19.1. The lowest BCUT2D eigenvalue weighted by atomic mass is 9.86. The molecule has 114 valence electrons. The molecule has 1 N–H and O–H groups in total. The summed E-state index contributed by atoms with van der Waals surface area (Å²) < 4.78 is 19.3. The van der Waals surface area contributed by atoms with E-state index in [1.807, 2.05) is 0 Å². The number of β-amino-alcohol motifs (C(OH)–C–C–N with tert-alkyl or cyclic N) is 1. The Morgan fingerprint density at radius 1 is 1.48 bits per heavy atom. The van der Waals surface area contributed by atoms with Crippen LogP contribution in [0.2, 0.25) is 0 Å². The maximum absolute atomic E-state index is 13.6. The van der Waals surface area contributed by atoms with Crippen LogP contribution in [0.3, 0.4) is 0 Å². The third-order valence-electron chi connectivity index (χ3n) is 4.65. The fraction of sp³-hybridized carbons (Fsp3) is 0.562. The molecule has 0 bridgehead atoms. The van der Waals surface area contributed by atoms with Crippen LogP contribution in [-0.4, -0.2) is 47.3 Å². The Morgan fingerprint density at radius 2 is 2.29 bits per heavy atom. The van der Waals surface area contributed by atoms with Gasteiger partial charge in [0, 0.05) is 25.3 Å². The molecule has 2 atom stereocenters. The maximum atomic E-state index is 13.6. The molecule has 1 aromatic carbocycles. The highest BCUT2D eigenvalue weighted by Crippen LogP contribution is 2.36. The lowest BCUT2D eigenvalue weighted by Crippen LogP contribution is -2.56. The molecule has 21 heavy (non-hydrogen) atoms. The van der Waals surface area contributed by atoms with Gasteiger partial charge in [0.15, 0.2) is 0 Å². The van der Waals surface area contributed by atoms with Crippen LogP contribution in [0.5, 0.6) is 0 Å². The van der Waals surface area contributed by atoms with Crippen molar-refractivity contribution in [2.45, 2.75) is 37.9 Å². The number of hydrogen-bond acceptors (Lipinski definition) is 3. The predicted molar refractivity (Wildman–Crippen MR) is 75.6 cm³/mol. The minimum absolute atomic E-state index is 0.235. The Balaban J connectivity index is 1.73. The zero-order chi connectivity index (χ0) is 15.0. The second-order valence-electron chi connectivity index (χ2n) is 6.00. The Hall–Kier alpha value is -1.46. The van der Waals surface area contributed by atoms with Gasteiger partial charge < -0.3 is 14.7 Å². The number of hydrogen-bond donors (Lipinski definition) is 1. The quantitative estimate of drug-likeness (QED) is 0.860. The van der Waals surface area contributed by atoms with Gasteiger partial charge in [-0.1, -0.05) is 6.07 Å². The van der Waals surface area contributed by atoms with Gasteiger partial charge in [-0.25, -0.2) is 4.39 Å². The van der Waals surface area contributed by atoms with Crippen molar-refractivity contribution < 1.29 is 19.0 Å². The van der Waals surface area contributed by atoms with E-state index in [1.54, 1.807) is 24.0 Å². The van der Waals surface area contributed by atoms with E-state index in [9.17, 15) is 14.3 Å². The number of rotatable bonds is 1. The zero-order valence-electron chi connectivity index (χ0n) is 12.1. The molecule has 2 heterocycles. The Bertz CT molecular complexity index is 554. The smallest absolute Gasteiger partial charge is 0.254 e. The van der Waals surface area contributed by atoms with E-state index in [1.165, 1.54) is 6.07 Å². The lowest BCUT2D eigenvalue weighted by molar-refractivity contribution is -0.122. The average Bonchev–Trinajstić information content (AvgIpc) is 2.94. The highest BCUT2D eigenvalue weighted by molar-refractivity contribution is 5.94. The monoisotopic (exact) mass is 293 g/mol. The number of aliphatic hydroxyl groups excluding tert-OH is 1. The molecular formula is C16H20FNO3. The van der Waals surface area contributed by atoms with Crippen molar-refractivity contribution >= 4 is 5.91 Å². The first-order chi connectivity index (χ1) is 10.0. The molecular weight excluding hydrogens is 273 g/mol. The molecule has 0 saturated carbocycles. The number of aryl methyl sites for hydroxylation is 1. The standard InChI is InChI=1S/C16H20FNO3/c1-11-3-4-12(9-13(11)17)15(20)18-7-6-16(14(19)10-18)5-2-8-21-16/h3-4,9,14,19H,2,5-8,10H2,1H3/t14-,16-/m0/s1. The van der Waals surface area contributed by atoms with Crippen LogP contribution in [-0.2, 0) is 4.74 Å². The first kappa shape index (κ1) is 14.5. The summed E-state index contributed by atoms with van der Waals surface area (Å²) in [5, 5.41) is 10.3. The van der Waals surface area contributed by atoms with Crippen molar-refractivity contribution in [1.82, 2.24) is 4.90 Å². The number of carbonyl (C=O) groups excluding carboxylic acids is 1. The van der Waals surface area contributed by atoms with Gasteiger partial charge in [-0.2, -0.15) is 0 Å². The first-order valence-corrected chi connectivity index (χ1v) is 7.39. The largest absolute Gasteiger partial charge is 0.388 e. The second-order valence-corrected chi connectivity index (χ2v) is 6.00. The topological polar surface area (TPSA) is 49.8 Å². The van der Waals surface area contributed by atoms with Crippen molar-refractivity contribution in [1.29, 1.82) is 0 Å². The predicted octanol–water partition coefficient (Wildman–Crippen LogP) is 1.89. The summed E-state index contributed by atoms with van der Waals surface area (Å²) in [7, 11) is 0. The number of amides is 1. The van der Waals surface area contributed by atoms with Crippen molar-refractivity contribution in [3.63, 3.8) is 0 Å². The zero-order valence-corrected chi connectivity index (χ0v) is 12.1. The molecule has 5 heteroatoms. The van der Waals surface area contributed by atoms with Crippen molar-refractivity contribution in [3.8, 4) is 0 Å². The molecule has 1 amide bonds. The van der Waals surface area contributed by atoms with Gasteiger partial charge >= 0.3 is 0 Å². The first-order valence-electron chi connectivity index (χ1n) is 7.39. The third-order valence-corrected chi connectivity index (χ3v) is 4.65. The average molecular weight is 293 g/mol. The summed E-state index contributed by atoms with van der Waals surface area (Å²) in [6.07, 6.45) is 1.76. The van der Waals surface area contributed by atoms with Crippen LogP contribution < -0.4 is 0 Å². The molecule has 0 radical (unpaired) electrons. The molecule has 0 aromatic heterocycles. The van der Waals surface area contributed by atoms with Crippen LogP contribution in [0.25, 0.3) is 0 Å². The Labute approximate surface area is 123 Å². The van der Waals surface area contributed by atoms with Crippen molar-refractivity contribution in [2.24, 2.45) is 0 Å². The van der Waals surface area contributed by atoms with Crippen molar-refractivity contribution in [3.05, 3.63) is 35.1 Å². The Morgan fingerprint density at radius 3 is 2.90 bits per heavy atom. The number of nitrogens with zero attached hydrogens (tertiary/aromatic N) is 1. The van der Waals surface area contributed by atoms with Crippen LogP contribution >= 0.6 is 0 Å². The number of benzene rings is 1. The van der Waals surface area contributed by atoms with E-state index < -0.39 is 11.7 Å². The van der Waals surface area contributed by atoms with E-state index in [2.05, 4.69) is 0 Å². The Kier molecular flexibility index (Phi) is 3.71. The number of aliphatic hydroxyl groups is 1. The third kappa shape index (κ3) is 2.56. The number of carbonyl (C=O) groups is 1. The van der Waals surface area contributed by atoms with E-state index in [-0.39, 0.29) is 18.3 Å². The molecule has 2 fully saturated rings. The summed E-state index contributed by atoms with van der Waals surface area (Å²) >= 11 is 0. The molecule has 2 aliphatic rings. The molecule has 0 unspecified atom stereocenters. The molecule has 2 aliphatic heterocycles. The van der Waals surface area contributed by atoms with Gasteiger partial charge in [-0.15, -0.1) is 0 Å². The summed E-state index contributed by atoms with van der Waals surface area (Å²) in [6, 6.07) is 4.49. The molecule has 2 saturated heterocycles. The molecule has 1 spiro atoms. The molecule has 3 rings (SSSR count). The molecule has 0 aliphatic carbocycles. The van der Waals surface area contributed by atoms with Crippen LogP contribution in [0.4, 0.5) is 4.39 Å². The minimum atomic E-state index is -0.673. The van der Waals surface area contributed by atoms with Crippen molar-refractivity contribution in [2.75, 3.05) is 19.7 Å². The summed E-state index contributed by atoms with van der Waals surface area (Å²) in [5.41, 5.74) is 0.368. The number of likely N-dealkylation sites (tertiary alicyclic amines) is 1. The molecule has 1 aromatic rings. The van der Waals surface area contributed by atoms with Gasteiger partial charge in [-0.05, 0) is 43.9 Å².